The molecule has 0 saturated carbocycles. The summed E-state index contributed by atoms with van der Waals surface area (Å²) < 4.78 is 31.7. The first kappa shape index (κ1) is 15.9. The van der Waals surface area contributed by atoms with Crippen LogP contribution in [0.25, 0.3) is 0 Å². The van der Waals surface area contributed by atoms with Crippen molar-refractivity contribution < 1.29 is 28.5 Å². The molecule has 3 N–H and O–H groups in total. The van der Waals surface area contributed by atoms with Crippen molar-refractivity contribution in [1.82, 2.24) is 0 Å². The fourth-order valence-electron chi connectivity index (χ4n) is 0. The van der Waals surface area contributed by atoms with Crippen molar-refractivity contribution in [2.75, 3.05) is 0 Å². The third kappa shape index (κ3) is 7.82. The van der Waals surface area contributed by atoms with Crippen LogP contribution in [0.15, 0.2) is 0 Å². The first-order valence-corrected chi connectivity index (χ1v) is 1.24. The van der Waals surface area contributed by atoms with Crippen molar-refractivity contribution in [3.8, 4) is 0 Å². The van der Waals surface area contributed by atoms with Crippen LogP contribution in [-0.4, -0.2) is 41.6 Å². The Hall–Kier alpha value is -0.183. The molecule has 0 spiro atoms. The van der Waals surface area contributed by atoms with Crippen molar-refractivity contribution in [3.63, 3.8) is 0 Å². The fraction of sp³-hybridized carbons (Fsp3) is 0.500. The minimum atomic E-state index is -5.08. The number of hydrogen-bond acceptors (Lipinski definition) is 1. The van der Waals surface area contributed by atoms with E-state index in [0.717, 1.165) is 0 Å². The zero-order valence-corrected chi connectivity index (χ0v) is 3.49. The maximum atomic E-state index is 10.6. The summed E-state index contributed by atoms with van der Waals surface area (Å²) in [5, 5.41) is 7.12. The molecular weight excluding hydrogens is 136 g/mol. The van der Waals surface area contributed by atoms with Gasteiger partial charge in [0, 0.05) is 0 Å². The molecule has 0 aliphatic heterocycles. The van der Waals surface area contributed by atoms with Crippen molar-refractivity contribution in [1.29, 1.82) is 0 Å². The average Bonchev–Trinajstić information content (AvgIpc) is 1.31. The number of alkyl halides is 3. The molecule has 7 heteroatoms. The van der Waals surface area contributed by atoms with E-state index in [9.17, 15) is 13.2 Å². The quantitative estimate of drug-likeness (QED) is 0.445. The van der Waals surface area contributed by atoms with Gasteiger partial charge in [-0.2, -0.15) is 13.2 Å². The summed E-state index contributed by atoms with van der Waals surface area (Å²) in [5.74, 6) is -2.76. The Morgan fingerprint density at radius 1 is 1.33 bits per heavy atom. The number of hydrogen-bond donors (Lipinski definition) is 1. The second-order valence-electron chi connectivity index (χ2n) is 0.803. The van der Waals surface area contributed by atoms with Crippen LogP contribution in [0.3, 0.4) is 0 Å². The summed E-state index contributed by atoms with van der Waals surface area (Å²) in [4.78, 5) is 8.90. The molecule has 0 heterocycles. The molecule has 52 valence electrons. The Morgan fingerprint density at radius 2 is 1.44 bits per heavy atom. The second-order valence-corrected chi connectivity index (χ2v) is 0.803. The molecule has 0 radical (unpaired) electrons. The fourth-order valence-corrected chi connectivity index (χ4v) is 0. The van der Waals surface area contributed by atoms with E-state index in [1.54, 1.807) is 0 Å². The Labute approximate surface area is 60.3 Å². The van der Waals surface area contributed by atoms with Crippen LogP contribution in [0.5, 0.6) is 0 Å². The van der Waals surface area contributed by atoms with Gasteiger partial charge in [0.2, 0.25) is 0 Å². The Bertz CT molecular complexity index is 89.5. The predicted octanol–water partition coefficient (Wildman–Crippen LogP) is -0.840. The Morgan fingerprint density at radius 3 is 1.44 bits per heavy atom. The predicted molar refractivity (Wildman–Crippen MR) is 24.5 cm³/mol. The van der Waals surface area contributed by atoms with Crippen LogP contribution in [-0.2, 0) is 4.79 Å². The van der Waals surface area contributed by atoms with Crippen LogP contribution in [0, 0.1) is 0 Å². The molecule has 0 atom stereocenters. The summed E-state index contributed by atoms with van der Waals surface area (Å²) >= 11 is 0. The molecule has 9 heavy (non-hydrogen) atoms. The van der Waals surface area contributed by atoms with Gasteiger partial charge in [-0.15, -0.1) is 0 Å². The van der Waals surface area contributed by atoms with Gasteiger partial charge in [-0.3, -0.25) is 0 Å². The molecule has 0 aromatic heterocycles. The molecule has 3 nitrogen and oxygen atoms in total. The van der Waals surface area contributed by atoms with Crippen LogP contribution in [0.2, 0.25) is 0 Å². The van der Waals surface area contributed by atoms with E-state index in [1.165, 1.54) is 0 Å². The van der Waals surface area contributed by atoms with Gasteiger partial charge < -0.3 is 10.6 Å². The number of carboxylic acids is 1. The zero-order valence-electron chi connectivity index (χ0n) is 3.49. The monoisotopic (exact) mass is 140 g/mol. The van der Waals surface area contributed by atoms with E-state index < -0.39 is 12.1 Å². The molecule has 0 aliphatic carbocycles. The van der Waals surface area contributed by atoms with Crippen molar-refractivity contribution in [2.24, 2.45) is 0 Å². The standard InChI is InChI=1S/C2HF3O2.Li.H2O.H/c3-2(4,5)1(6)7;;;/h(H,6,7);;1H2;. The average molecular weight is 140 g/mol. The first-order chi connectivity index (χ1) is 2.94. The Balaban J connectivity index is -0.000000180. The van der Waals surface area contributed by atoms with Gasteiger partial charge in [0.25, 0.3) is 0 Å². The molecule has 0 aromatic carbocycles. The van der Waals surface area contributed by atoms with E-state index in [1.807, 2.05) is 0 Å². The van der Waals surface area contributed by atoms with E-state index in [2.05, 4.69) is 0 Å². The number of carboxylic acid groups (broad SMARTS) is 1. The minimum absolute atomic E-state index is 0. The molecular formula is C2H4F3LiO3. The van der Waals surface area contributed by atoms with Crippen molar-refractivity contribution in [3.05, 3.63) is 0 Å². The Kier molecular flexibility index (Phi) is 8.27. The molecule has 0 saturated heterocycles. The van der Waals surface area contributed by atoms with Gasteiger partial charge in [-0.05, 0) is 0 Å². The number of rotatable bonds is 0. The first-order valence-electron chi connectivity index (χ1n) is 1.24. The molecule has 0 fully saturated rings. The molecule has 0 bridgehead atoms. The second kappa shape index (κ2) is 4.67. The van der Waals surface area contributed by atoms with Crippen LogP contribution in [0.1, 0.15) is 0 Å². The molecule has 0 rings (SSSR count). The summed E-state index contributed by atoms with van der Waals surface area (Å²) in [7, 11) is 0. The van der Waals surface area contributed by atoms with E-state index >= 15 is 0 Å². The third-order valence-corrected chi connectivity index (χ3v) is 0.243. The summed E-state index contributed by atoms with van der Waals surface area (Å²) in [6.45, 7) is 0. The van der Waals surface area contributed by atoms with Gasteiger partial charge in [0.1, 0.15) is 0 Å². The number of aliphatic carboxylic acids is 1. The summed E-state index contributed by atoms with van der Waals surface area (Å²) in [6.07, 6.45) is -5.08. The van der Waals surface area contributed by atoms with Crippen LogP contribution >= 0.6 is 0 Å². The van der Waals surface area contributed by atoms with E-state index in [0.29, 0.717) is 0 Å². The SMILES string of the molecule is O.O=C(O)C(F)(F)F.[LiH]. The van der Waals surface area contributed by atoms with E-state index in [4.69, 9.17) is 9.90 Å². The summed E-state index contributed by atoms with van der Waals surface area (Å²) in [6, 6.07) is 0. The van der Waals surface area contributed by atoms with Crippen LogP contribution < -0.4 is 0 Å². The zero-order chi connectivity index (χ0) is 6.08. The number of carbonyl (C=O) groups is 1. The molecule has 0 amide bonds. The summed E-state index contributed by atoms with van der Waals surface area (Å²) in [5.41, 5.74) is 0. The van der Waals surface area contributed by atoms with Gasteiger partial charge >= 0.3 is 31.0 Å². The maximum absolute atomic E-state index is 10.6. The molecule has 0 aliphatic rings. The third-order valence-electron chi connectivity index (χ3n) is 0.243. The van der Waals surface area contributed by atoms with Crippen molar-refractivity contribution >= 4 is 24.8 Å². The van der Waals surface area contributed by atoms with Gasteiger partial charge in [-0.25, -0.2) is 4.79 Å². The number of halogens is 3. The normalized spacial score (nSPS) is 8.78. The van der Waals surface area contributed by atoms with Crippen molar-refractivity contribution in [2.45, 2.75) is 6.18 Å². The topological polar surface area (TPSA) is 68.8 Å². The van der Waals surface area contributed by atoms with Gasteiger partial charge in [0.15, 0.2) is 0 Å². The van der Waals surface area contributed by atoms with Gasteiger partial charge in [0.05, 0.1) is 0 Å². The van der Waals surface area contributed by atoms with Gasteiger partial charge in [-0.1, -0.05) is 0 Å². The van der Waals surface area contributed by atoms with Crippen LogP contribution in [0.4, 0.5) is 13.2 Å². The molecule has 0 aromatic rings. The molecule has 0 unspecified atom stereocenters. The van der Waals surface area contributed by atoms with E-state index in [-0.39, 0.29) is 24.3 Å².